The maximum absolute atomic E-state index is 12.3. The number of nitrogens with zero attached hydrogens (tertiary/aromatic N) is 2. The molecule has 0 aromatic heterocycles. The fourth-order valence-corrected chi connectivity index (χ4v) is 3.14. The number of hydrogen-bond donors (Lipinski definition) is 2. The molecule has 0 spiro atoms. The Labute approximate surface area is 160 Å². The summed E-state index contributed by atoms with van der Waals surface area (Å²) in [6, 6.07) is 17.4. The van der Waals surface area contributed by atoms with Crippen molar-refractivity contribution in [3.05, 3.63) is 65.7 Å². The molecule has 142 valence electrons. The number of amides is 3. The standard InChI is InChI=1S/C21H26N4O2/c1-24(16-17-6-3-2-4-7-17)14-5-12-22-20(26)18-8-10-19(11-9-18)25-15-13-23-21(25)27/h2-4,6-11H,5,12-16H2,1H3,(H,22,26)(H,23,27). The van der Waals surface area contributed by atoms with Crippen molar-refractivity contribution in [1.29, 1.82) is 0 Å². The van der Waals surface area contributed by atoms with Crippen molar-refractivity contribution in [1.82, 2.24) is 15.5 Å². The van der Waals surface area contributed by atoms with Gasteiger partial charge in [0.25, 0.3) is 5.91 Å². The number of rotatable bonds is 8. The average molecular weight is 366 g/mol. The van der Waals surface area contributed by atoms with Crippen LogP contribution in [-0.2, 0) is 6.54 Å². The zero-order valence-corrected chi connectivity index (χ0v) is 15.6. The summed E-state index contributed by atoms with van der Waals surface area (Å²) in [6.07, 6.45) is 0.890. The van der Waals surface area contributed by atoms with E-state index in [9.17, 15) is 9.59 Å². The number of carbonyl (C=O) groups is 2. The first kappa shape index (κ1) is 18.9. The van der Waals surface area contributed by atoms with Gasteiger partial charge in [-0.15, -0.1) is 0 Å². The Morgan fingerprint density at radius 1 is 1.15 bits per heavy atom. The normalized spacial score (nSPS) is 13.7. The lowest BCUT2D eigenvalue weighted by molar-refractivity contribution is 0.0952. The third-order valence-corrected chi connectivity index (χ3v) is 4.60. The van der Waals surface area contributed by atoms with Crippen molar-refractivity contribution in [3.8, 4) is 0 Å². The van der Waals surface area contributed by atoms with E-state index in [2.05, 4.69) is 34.7 Å². The molecule has 0 unspecified atom stereocenters. The molecule has 1 aliphatic heterocycles. The molecule has 0 radical (unpaired) electrons. The Morgan fingerprint density at radius 3 is 2.56 bits per heavy atom. The van der Waals surface area contributed by atoms with Gasteiger partial charge in [0.2, 0.25) is 0 Å². The maximum Gasteiger partial charge on any atom is 0.321 e. The second kappa shape index (κ2) is 9.19. The second-order valence-corrected chi connectivity index (χ2v) is 6.76. The van der Waals surface area contributed by atoms with Gasteiger partial charge in [0.1, 0.15) is 0 Å². The van der Waals surface area contributed by atoms with Gasteiger partial charge in [-0.25, -0.2) is 4.79 Å². The molecule has 3 amide bonds. The molecule has 1 saturated heterocycles. The van der Waals surface area contributed by atoms with Crippen LogP contribution in [0, 0.1) is 0 Å². The van der Waals surface area contributed by atoms with Crippen LogP contribution in [0.3, 0.4) is 0 Å². The summed E-state index contributed by atoms with van der Waals surface area (Å²) in [5, 5.41) is 5.73. The monoisotopic (exact) mass is 366 g/mol. The molecule has 2 aromatic carbocycles. The molecule has 2 N–H and O–H groups in total. The molecule has 0 saturated carbocycles. The van der Waals surface area contributed by atoms with Gasteiger partial charge in [-0.05, 0) is 49.8 Å². The van der Waals surface area contributed by atoms with Crippen molar-refractivity contribution in [3.63, 3.8) is 0 Å². The van der Waals surface area contributed by atoms with Crippen LogP contribution < -0.4 is 15.5 Å². The maximum atomic E-state index is 12.3. The fourth-order valence-electron chi connectivity index (χ4n) is 3.14. The van der Waals surface area contributed by atoms with E-state index in [1.54, 1.807) is 17.0 Å². The Kier molecular flexibility index (Phi) is 6.44. The molecule has 3 rings (SSSR count). The molecular weight excluding hydrogens is 340 g/mol. The first-order valence-corrected chi connectivity index (χ1v) is 9.29. The number of benzene rings is 2. The smallest absolute Gasteiger partial charge is 0.321 e. The van der Waals surface area contributed by atoms with Crippen LogP contribution >= 0.6 is 0 Å². The zero-order chi connectivity index (χ0) is 19.1. The summed E-state index contributed by atoms with van der Waals surface area (Å²) >= 11 is 0. The van der Waals surface area contributed by atoms with E-state index >= 15 is 0 Å². The largest absolute Gasteiger partial charge is 0.352 e. The minimum atomic E-state index is -0.0909. The first-order chi connectivity index (χ1) is 13.1. The molecule has 1 fully saturated rings. The van der Waals surface area contributed by atoms with Gasteiger partial charge in [0.05, 0.1) is 0 Å². The molecular formula is C21H26N4O2. The van der Waals surface area contributed by atoms with Gasteiger partial charge < -0.3 is 15.5 Å². The molecule has 6 nitrogen and oxygen atoms in total. The van der Waals surface area contributed by atoms with E-state index in [1.807, 2.05) is 30.3 Å². The molecule has 6 heteroatoms. The SMILES string of the molecule is CN(CCCNC(=O)c1ccc(N2CCNC2=O)cc1)Cc1ccccc1. The van der Waals surface area contributed by atoms with Crippen LogP contribution in [0.2, 0.25) is 0 Å². The molecule has 1 aliphatic rings. The molecule has 2 aromatic rings. The lowest BCUT2D eigenvalue weighted by atomic mass is 10.2. The van der Waals surface area contributed by atoms with Crippen molar-refractivity contribution < 1.29 is 9.59 Å². The van der Waals surface area contributed by atoms with E-state index in [0.29, 0.717) is 25.2 Å². The quantitative estimate of drug-likeness (QED) is 0.706. The highest BCUT2D eigenvalue weighted by atomic mass is 16.2. The Hall–Kier alpha value is -2.86. The lowest BCUT2D eigenvalue weighted by Gasteiger charge is -2.17. The highest BCUT2D eigenvalue weighted by molar-refractivity contribution is 5.96. The van der Waals surface area contributed by atoms with Crippen molar-refractivity contribution in [2.45, 2.75) is 13.0 Å². The third kappa shape index (κ3) is 5.31. The van der Waals surface area contributed by atoms with Crippen LogP contribution in [0.1, 0.15) is 22.3 Å². The van der Waals surface area contributed by atoms with Crippen molar-refractivity contribution >= 4 is 17.6 Å². The summed E-state index contributed by atoms with van der Waals surface area (Å²) in [5.74, 6) is -0.0851. The number of urea groups is 1. The number of anilines is 1. The van der Waals surface area contributed by atoms with Crippen LogP contribution in [0.25, 0.3) is 0 Å². The summed E-state index contributed by atoms with van der Waals surface area (Å²) in [5.41, 5.74) is 2.70. The van der Waals surface area contributed by atoms with Crippen molar-refractivity contribution in [2.75, 3.05) is 38.1 Å². The van der Waals surface area contributed by atoms with Crippen LogP contribution in [-0.4, -0.2) is 50.1 Å². The van der Waals surface area contributed by atoms with E-state index in [1.165, 1.54) is 5.56 Å². The van der Waals surface area contributed by atoms with Gasteiger partial charge >= 0.3 is 6.03 Å². The van der Waals surface area contributed by atoms with Crippen molar-refractivity contribution in [2.24, 2.45) is 0 Å². The average Bonchev–Trinajstić information content (AvgIpc) is 3.12. The summed E-state index contributed by atoms with van der Waals surface area (Å²) < 4.78 is 0. The highest BCUT2D eigenvalue weighted by Crippen LogP contribution is 2.17. The summed E-state index contributed by atoms with van der Waals surface area (Å²) in [7, 11) is 2.09. The second-order valence-electron chi connectivity index (χ2n) is 6.76. The van der Waals surface area contributed by atoms with Crippen LogP contribution in [0.5, 0.6) is 0 Å². The first-order valence-electron chi connectivity index (χ1n) is 9.29. The van der Waals surface area contributed by atoms with Crippen LogP contribution in [0.15, 0.2) is 54.6 Å². The minimum Gasteiger partial charge on any atom is -0.352 e. The zero-order valence-electron chi connectivity index (χ0n) is 15.6. The van der Waals surface area contributed by atoms with E-state index < -0.39 is 0 Å². The summed E-state index contributed by atoms with van der Waals surface area (Å²) in [6.45, 7) is 3.76. The van der Waals surface area contributed by atoms with E-state index in [0.717, 1.165) is 25.2 Å². The highest BCUT2D eigenvalue weighted by Gasteiger charge is 2.21. The van der Waals surface area contributed by atoms with Gasteiger partial charge in [-0.3, -0.25) is 9.69 Å². The predicted octanol–water partition coefficient (Wildman–Crippen LogP) is 2.47. The van der Waals surface area contributed by atoms with E-state index in [-0.39, 0.29) is 11.9 Å². The molecule has 0 aliphatic carbocycles. The lowest BCUT2D eigenvalue weighted by Crippen LogP contribution is -2.29. The van der Waals surface area contributed by atoms with Gasteiger partial charge in [0.15, 0.2) is 0 Å². The molecule has 0 bridgehead atoms. The fraction of sp³-hybridized carbons (Fsp3) is 0.333. The molecule has 1 heterocycles. The molecule has 27 heavy (non-hydrogen) atoms. The van der Waals surface area contributed by atoms with E-state index in [4.69, 9.17) is 0 Å². The predicted molar refractivity (Wildman–Crippen MR) is 107 cm³/mol. The van der Waals surface area contributed by atoms with Crippen LogP contribution in [0.4, 0.5) is 10.5 Å². The third-order valence-electron chi connectivity index (χ3n) is 4.60. The Morgan fingerprint density at radius 2 is 1.89 bits per heavy atom. The van der Waals surface area contributed by atoms with Gasteiger partial charge in [0, 0.05) is 37.4 Å². The number of hydrogen-bond acceptors (Lipinski definition) is 3. The Bertz CT molecular complexity index is 762. The minimum absolute atomic E-state index is 0.0851. The number of carbonyl (C=O) groups excluding carboxylic acids is 2. The molecule has 0 atom stereocenters. The topological polar surface area (TPSA) is 64.7 Å². The number of nitrogens with one attached hydrogen (secondary N) is 2. The Balaban J connectivity index is 1.39. The van der Waals surface area contributed by atoms with Gasteiger partial charge in [-0.1, -0.05) is 30.3 Å². The summed E-state index contributed by atoms with van der Waals surface area (Å²) in [4.78, 5) is 27.8. The van der Waals surface area contributed by atoms with Gasteiger partial charge in [-0.2, -0.15) is 0 Å².